The summed E-state index contributed by atoms with van der Waals surface area (Å²) in [4.78, 5) is 9.42. The van der Waals surface area contributed by atoms with Gasteiger partial charge in [-0.2, -0.15) is 0 Å². The number of benzene rings is 3. The van der Waals surface area contributed by atoms with E-state index in [2.05, 4.69) is 30.1 Å². The summed E-state index contributed by atoms with van der Waals surface area (Å²) in [6.45, 7) is 2.09. The summed E-state index contributed by atoms with van der Waals surface area (Å²) in [6, 6.07) is 20.3. The van der Waals surface area contributed by atoms with E-state index in [-0.39, 0.29) is 0 Å². The van der Waals surface area contributed by atoms with Gasteiger partial charge in [-0.1, -0.05) is 24.3 Å². The Morgan fingerprint density at radius 3 is 2.13 bits per heavy atom. The van der Waals surface area contributed by atoms with Gasteiger partial charge < -0.3 is 4.74 Å². The van der Waals surface area contributed by atoms with E-state index in [1.807, 2.05) is 42.5 Å². The zero-order valence-electron chi connectivity index (χ0n) is 13.1. The summed E-state index contributed by atoms with van der Waals surface area (Å²) in [5.41, 5.74) is 7.18. The minimum absolute atomic E-state index is 0.873. The third-order valence-electron chi connectivity index (χ3n) is 4.08. The van der Waals surface area contributed by atoms with Crippen molar-refractivity contribution in [2.45, 2.75) is 6.92 Å². The van der Waals surface area contributed by atoms with Crippen LogP contribution in [0.4, 0.5) is 0 Å². The van der Waals surface area contributed by atoms with Gasteiger partial charge in [0.2, 0.25) is 0 Å². The molecule has 4 aromatic rings. The molecular weight excluding hydrogens is 284 g/mol. The number of aryl methyl sites for hydroxylation is 1. The molecule has 0 aliphatic carbocycles. The molecule has 3 nitrogen and oxygen atoms in total. The fraction of sp³-hybridized carbons (Fsp3) is 0.100. The van der Waals surface area contributed by atoms with E-state index in [0.29, 0.717) is 0 Å². The van der Waals surface area contributed by atoms with Gasteiger partial charge in [-0.05, 0) is 60.0 Å². The Morgan fingerprint density at radius 1 is 0.739 bits per heavy atom. The Kier molecular flexibility index (Phi) is 3.19. The van der Waals surface area contributed by atoms with E-state index < -0.39 is 0 Å². The zero-order chi connectivity index (χ0) is 15.8. The van der Waals surface area contributed by atoms with Crippen LogP contribution in [0.25, 0.3) is 33.2 Å². The van der Waals surface area contributed by atoms with Gasteiger partial charge in [0.1, 0.15) is 5.75 Å². The number of ether oxygens (including phenoxy) is 1. The Labute approximate surface area is 134 Å². The minimum Gasteiger partial charge on any atom is -0.497 e. The molecule has 0 saturated carbocycles. The maximum atomic E-state index is 5.28. The lowest BCUT2D eigenvalue weighted by molar-refractivity contribution is 0.414. The largest absolute Gasteiger partial charge is 0.497 e. The molecule has 0 amide bonds. The number of methoxy groups -OCH3 is 1. The highest BCUT2D eigenvalue weighted by atomic mass is 16.5. The fourth-order valence-electron chi connectivity index (χ4n) is 2.87. The molecule has 23 heavy (non-hydrogen) atoms. The maximum absolute atomic E-state index is 5.28. The molecule has 0 radical (unpaired) electrons. The lowest BCUT2D eigenvalue weighted by atomic mass is 10.00. The molecule has 0 unspecified atom stereocenters. The molecule has 0 fully saturated rings. The molecular formula is C20H16N2O. The molecule has 0 spiro atoms. The highest BCUT2D eigenvalue weighted by Crippen LogP contribution is 2.29. The summed E-state index contributed by atoms with van der Waals surface area (Å²) in [5.74, 6) is 0.873. The summed E-state index contributed by atoms with van der Waals surface area (Å²) >= 11 is 0. The number of rotatable bonds is 2. The highest BCUT2D eigenvalue weighted by Gasteiger charge is 2.07. The molecule has 1 heterocycles. The van der Waals surface area contributed by atoms with Crippen LogP contribution in [0.1, 0.15) is 5.56 Å². The van der Waals surface area contributed by atoms with Gasteiger partial charge in [-0.25, -0.2) is 9.97 Å². The van der Waals surface area contributed by atoms with Crippen LogP contribution in [-0.4, -0.2) is 17.1 Å². The predicted molar refractivity (Wildman–Crippen MR) is 93.8 cm³/mol. The van der Waals surface area contributed by atoms with E-state index in [1.54, 1.807) is 7.11 Å². The molecule has 0 aliphatic rings. The van der Waals surface area contributed by atoms with Crippen LogP contribution < -0.4 is 4.74 Å². The highest BCUT2D eigenvalue weighted by molar-refractivity contribution is 5.89. The molecule has 3 aromatic carbocycles. The maximum Gasteiger partial charge on any atom is 0.119 e. The first-order valence-corrected chi connectivity index (χ1v) is 7.56. The summed E-state index contributed by atoms with van der Waals surface area (Å²) in [5, 5.41) is 0. The van der Waals surface area contributed by atoms with Crippen LogP contribution in [-0.2, 0) is 0 Å². The van der Waals surface area contributed by atoms with Gasteiger partial charge in [-0.15, -0.1) is 0 Å². The monoisotopic (exact) mass is 300 g/mol. The Balaban J connectivity index is 1.89. The summed E-state index contributed by atoms with van der Waals surface area (Å²) < 4.78 is 5.28. The average molecular weight is 300 g/mol. The van der Waals surface area contributed by atoms with Crippen LogP contribution in [0.2, 0.25) is 0 Å². The SMILES string of the molecule is COc1ccc(-c2ccc3nc4ccccc4nc3c2)c(C)c1. The van der Waals surface area contributed by atoms with Gasteiger partial charge in [0.15, 0.2) is 0 Å². The molecule has 4 rings (SSSR count). The number of hydrogen-bond acceptors (Lipinski definition) is 3. The Morgan fingerprint density at radius 2 is 1.43 bits per heavy atom. The third-order valence-corrected chi connectivity index (χ3v) is 4.08. The normalized spacial score (nSPS) is 11.0. The standard InChI is InChI=1S/C20H16N2O/c1-13-11-15(23-2)8-9-16(13)14-7-10-19-20(12-14)22-18-6-4-3-5-17(18)21-19/h3-12H,1-2H3. The van der Waals surface area contributed by atoms with Crippen molar-refractivity contribution >= 4 is 22.1 Å². The molecule has 0 saturated heterocycles. The fourth-order valence-corrected chi connectivity index (χ4v) is 2.87. The lowest BCUT2D eigenvalue weighted by Gasteiger charge is -2.09. The predicted octanol–water partition coefficient (Wildman–Crippen LogP) is 4.77. The molecule has 3 heteroatoms. The van der Waals surface area contributed by atoms with Crippen molar-refractivity contribution in [3.8, 4) is 16.9 Å². The molecule has 0 aliphatic heterocycles. The van der Waals surface area contributed by atoms with Crippen molar-refractivity contribution in [3.05, 3.63) is 66.2 Å². The van der Waals surface area contributed by atoms with Crippen molar-refractivity contribution in [2.24, 2.45) is 0 Å². The van der Waals surface area contributed by atoms with Crippen molar-refractivity contribution in [3.63, 3.8) is 0 Å². The third kappa shape index (κ3) is 2.40. The smallest absolute Gasteiger partial charge is 0.119 e. The van der Waals surface area contributed by atoms with Crippen LogP contribution in [0.5, 0.6) is 5.75 Å². The lowest BCUT2D eigenvalue weighted by Crippen LogP contribution is -1.90. The van der Waals surface area contributed by atoms with E-state index in [1.165, 1.54) is 11.1 Å². The van der Waals surface area contributed by atoms with E-state index in [0.717, 1.165) is 33.4 Å². The van der Waals surface area contributed by atoms with Crippen molar-refractivity contribution in [2.75, 3.05) is 7.11 Å². The van der Waals surface area contributed by atoms with Crippen LogP contribution in [0.3, 0.4) is 0 Å². The molecule has 112 valence electrons. The van der Waals surface area contributed by atoms with E-state index in [9.17, 15) is 0 Å². The van der Waals surface area contributed by atoms with E-state index >= 15 is 0 Å². The number of fused-ring (bicyclic) bond motifs is 2. The Hall–Kier alpha value is -2.94. The van der Waals surface area contributed by atoms with Crippen LogP contribution in [0.15, 0.2) is 60.7 Å². The van der Waals surface area contributed by atoms with E-state index in [4.69, 9.17) is 9.72 Å². The van der Waals surface area contributed by atoms with Crippen molar-refractivity contribution in [1.29, 1.82) is 0 Å². The second-order valence-electron chi connectivity index (χ2n) is 5.60. The minimum atomic E-state index is 0.873. The number of aromatic nitrogens is 2. The number of nitrogens with zero attached hydrogens (tertiary/aromatic N) is 2. The van der Waals surface area contributed by atoms with Gasteiger partial charge in [0, 0.05) is 0 Å². The first-order valence-electron chi connectivity index (χ1n) is 7.56. The summed E-state index contributed by atoms with van der Waals surface area (Å²) in [6.07, 6.45) is 0. The van der Waals surface area contributed by atoms with Gasteiger partial charge >= 0.3 is 0 Å². The molecule has 1 aromatic heterocycles. The second-order valence-corrected chi connectivity index (χ2v) is 5.60. The van der Waals surface area contributed by atoms with Crippen molar-refractivity contribution in [1.82, 2.24) is 9.97 Å². The second kappa shape index (κ2) is 5.36. The van der Waals surface area contributed by atoms with Gasteiger partial charge in [0.25, 0.3) is 0 Å². The van der Waals surface area contributed by atoms with Crippen LogP contribution >= 0.6 is 0 Å². The van der Waals surface area contributed by atoms with Gasteiger partial charge in [0.05, 0.1) is 29.2 Å². The Bertz CT molecular complexity index is 1020. The van der Waals surface area contributed by atoms with Crippen molar-refractivity contribution < 1.29 is 4.74 Å². The average Bonchev–Trinajstić information content (AvgIpc) is 2.59. The quantitative estimate of drug-likeness (QED) is 0.500. The number of hydrogen-bond donors (Lipinski definition) is 0. The summed E-state index contributed by atoms with van der Waals surface area (Å²) in [7, 11) is 1.69. The first-order chi connectivity index (χ1) is 11.2. The molecule has 0 bridgehead atoms. The molecule has 0 N–H and O–H groups in total. The van der Waals surface area contributed by atoms with Gasteiger partial charge in [-0.3, -0.25) is 0 Å². The molecule has 0 atom stereocenters. The van der Waals surface area contributed by atoms with Crippen LogP contribution in [0, 0.1) is 6.92 Å². The number of para-hydroxylation sites is 2. The zero-order valence-corrected chi connectivity index (χ0v) is 13.1. The topological polar surface area (TPSA) is 35.0 Å². The first kappa shape index (κ1) is 13.7.